The lowest BCUT2D eigenvalue weighted by Crippen LogP contribution is -2.46. The standard InChI is InChI=1S/C13H20N2O4/c1-9(2)7-11(12(16)17)14-13(18)15(3)8-10-5-4-6-19-10/h4-6,9,11H,7-8H2,1-3H3,(H,14,18)(H,16,17)/t11-/m1/s1. The lowest BCUT2D eigenvalue weighted by molar-refractivity contribution is -0.139. The lowest BCUT2D eigenvalue weighted by atomic mass is 10.0. The summed E-state index contributed by atoms with van der Waals surface area (Å²) in [4.78, 5) is 24.3. The molecule has 0 saturated heterocycles. The minimum Gasteiger partial charge on any atom is -0.480 e. The number of carboxylic acid groups (broad SMARTS) is 1. The van der Waals surface area contributed by atoms with Gasteiger partial charge in [0.25, 0.3) is 0 Å². The van der Waals surface area contributed by atoms with Gasteiger partial charge in [-0.05, 0) is 24.5 Å². The molecule has 0 aliphatic heterocycles. The molecule has 1 rings (SSSR count). The molecule has 0 aliphatic carbocycles. The molecule has 0 saturated carbocycles. The van der Waals surface area contributed by atoms with Crippen molar-refractivity contribution in [3.05, 3.63) is 24.2 Å². The Morgan fingerprint density at radius 3 is 2.63 bits per heavy atom. The molecule has 0 bridgehead atoms. The minimum atomic E-state index is -1.02. The van der Waals surface area contributed by atoms with Gasteiger partial charge in [-0.2, -0.15) is 0 Å². The third-order valence-corrected chi connectivity index (χ3v) is 2.62. The summed E-state index contributed by atoms with van der Waals surface area (Å²) in [5.41, 5.74) is 0. The number of hydrogen-bond acceptors (Lipinski definition) is 3. The second-order valence-electron chi connectivity index (χ2n) is 4.91. The van der Waals surface area contributed by atoms with E-state index >= 15 is 0 Å². The Balaban J connectivity index is 2.53. The highest BCUT2D eigenvalue weighted by Gasteiger charge is 2.22. The number of aliphatic carboxylic acids is 1. The minimum absolute atomic E-state index is 0.191. The Labute approximate surface area is 112 Å². The van der Waals surface area contributed by atoms with Crippen molar-refractivity contribution >= 4 is 12.0 Å². The van der Waals surface area contributed by atoms with Crippen LogP contribution in [0.4, 0.5) is 4.79 Å². The summed E-state index contributed by atoms with van der Waals surface area (Å²) in [5, 5.41) is 11.6. The summed E-state index contributed by atoms with van der Waals surface area (Å²) in [5.74, 6) is -0.182. The first-order valence-electron chi connectivity index (χ1n) is 6.17. The lowest BCUT2D eigenvalue weighted by Gasteiger charge is -2.21. The first-order chi connectivity index (χ1) is 8.90. The van der Waals surface area contributed by atoms with Crippen LogP contribution in [0.25, 0.3) is 0 Å². The molecular weight excluding hydrogens is 248 g/mol. The number of hydrogen-bond donors (Lipinski definition) is 2. The molecule has 6 heteroatoms. The maximum Gasteiger partial charge on any atom is 0.326 e. The molecular formula is C13H20N2O4. The van der Waals surface area contributed by atoms with Gasteiger partial charge in [0.2, 0.25) is 0 Å². The molecule has 1 aromatic heterocycles. The zero-order chi connectivity index (χ0) is 14.4. The second-order valence-corrected chi connectivity index (χ2v) is 4.91. The predicted molar refractivity (Wildman–Crippen MR) is 69.6 cm³/mol. The van der Waals surface area contributed by atoms with Crippen molar-refractivity contribution < 1.29 is 19.1 Å². The van der Waals surface area contributed by atoms with Gasteiger partial charge in [-0.3, -0.25) is 0 Å². The summed E-state index contributed by atoms with van der Waals surface area (Å²) in [6.07, 6.45) is 1.93. The molecule has 106 valence electrons. The van der Waals surface area contributed by atoms with Gasteiger partial charge in [0, 0.05) is 7.05 Å². The number of carbonyl (C=O) groups excluding carboxylic acids is 1. The van der Waals surface area contributed by atoms with E-state index in [1.54, 1.807) is 19.2 Å². The molecule has 0 fully saturated rings. The van der Waals surface area contributed by atoms with Gasteiger partial charge < -0.3 is 19.7 Å². The molecule has 19 heavy (non-hydrogen) atoms. The van der Waals surface area contributed by atoms with Crippen LogP contribution in [0, 0.1) is 5.92 Å². The SMILES string of the molecule is CC(C)C[C@@H](NC(=O)N(C)Cc1ccco1)C(=O)O. The third kappa shape index (κ3) is 5.03. The Morgan fingerprint density at radius 1 is 1.47 bits per heavy atom. The zero-order valence-electron chi connectivity index (χ0n) is 11.4. The first-order valence-corrected chi connectivity index (χ1v) is 6.17. The highest BCUT2D eigenvalue weighted by atomic mass is 16.4. The number of nitrogens with zero attached hydrogens (tertiary/aromatic N) is 1. The van der Waals surface area contributed by atoms with Crippen LogP contribution in [-0.4, -0.2) is 35.1 Å². The highest BCUT2D eigenvalue weighted by Crippen LogP contribution is 2.07. The normalized spacial score (nSPS) is 12.2. The van der Waals surface area contributed by atoms with E-state index in [0.717, 1.165) is 0 Å². The maximum absolute atomic E-state index is 11.9. The van der Waals surface area contributed by atoms with Crippen molar-refractivity contribution in [1.29, 1.82) is 0 Å². The van der Waals surface area contributed by atoms with Crippen LogP contribution in [-0.2, 0) is 11.3 Å². The fourth-order valence-corrected chi connectivity index (χ4v) is 1.66. The molecule has 0 aliphatic rings. The monoisotopic (exact) mass is 268 g/mol. The van der Waals surface area contributed by atoms with Crippen LogP contribution in [0.2, 0.25) is 0 Å². The number of carboxylic acids is 1. The molecule has 2 amide bonds. The molecule has 1 aromatic rings. The average Bonchev–Trinajstić information content (AvgIpc) is 2.79. The van der Waals surface area contributed by atoms with Gasteiger partial charge in [-0.15, -0.1) is 0 Å². The van der Waals surface area contributed by atoms with Crippen molar-refractivity contribution in [2.75, 3.05) is 7.05 Å². The van der Waals surface area contributed by atoms with E-state index in [9.17, 15) is 9.59 Å². The van der Waals surface area contributed by atoms with Crippen LogP contribution in [0.15, 0.2) is 22.8 Å². The fraction of sp³-hybridized carbons (Fsp3) is 0.538. The number of furan rings is 1. The topological polar surface area (TPSA) is 82.8 Å². The number of urea groups is 1. The molecule has 0 unspecified atom stereocenters. The first kappa shape index (κ1) is 15.1. The van der Waals surface area contributed by atoms with E-state index in [2.05, 4.69) is 5.32 Å². The van der Waals surface area contributed by atoms with Crippen LogP contribution < -0.4 is 5.32 Å². The molecule has 6 nitrogen and oxygen atoms in total. The van der Waals surface area contributed by atoms with Gasteiger partial charge >= 0.3 is 12.0 Å². The largest absolute Gasteiger partial charge is 0.480 e. The quantitative estimate of drug-likeness (QED) is 0.825. The van der Waals surface area contributed by atoms with Crippen molar-refractivity contribution in [3.63, 3.8) is 0 Å². The summed E-state index contributed by atoms with van der Waals surface area (Å²) in [6, 6.07) is 2.20. The van der Waals surface area contributed by atoms with Crippen molar-refractivity contribution in [2.45, 2.75) is 32.9 Å². The Hall–Kier alpha value is -1.98. The molecule has 0 radical (unpaired) electrons. The van der Waals surface area contributed by atoms with Crippen molar-refractivity contribution in [2.24, 2.45) is 5.92 Å². The van der Waals surface area contributed by atoms with Gasteiger partial charge in [0.05, 0.1) is 12.8 Å². The Bertz CT molecular complexity index is 414. The molecule has 2 N–H and O–H groups in total. The van der Waals surface area contributed by atoms with Crippen LogP contribution in [0.1, 0.15) is 26.0 Å². The van der Waals surface area contributed by atoms with E-state index < -0.39 is 18.0 Å². The van der Waals surface area contributed by atoms with E-state index in [1.165, 1.54) is 11.2 Å². The van der Waals surface area contributed by atoms with E-state index in [4.69, 9.17) is 9.52 Å². The molecule has 1 heterocycles. The van der Waals surface area contributed by atoms with Crippen molar-refractivity contribution in [1.82, 2.24) is 10.2 Å². The van der Waals surface area contributed by atoms with Gasteiger partial charge in [-0.25, -0.2) is 9.59 Å². The summed E-state index contributed by atoms with van der Waals surface area (Å²) >= 11 is 0. The highest BCUT2D eigenvalue weighted by molar-refractivity contribution is 5.82. The van der Waals surface area contributed by atoms with E-state index in [0.29, 0.717) is 18.7 Å². The van der Waals surface area contributed by atoms with Gasteiger partial charge in [0.15, 0.2) is 0 Å². The Kier molecular flexibility index (Phi) is 5.41. The molecule has 0 spiro atoms. The Morgan fingerprint density at radius 2 is 2.16 bits per heavy atom. The summed E-state index contributed by atoms with van der Waals surface area (Å²) < 4.78 is 5.13. The third-order valence-electron chi connectivity index (χ3n) is 2.62. The fourth-order valence-electron chi connectivity index (χ4n) is 1.66. The van der Waals surface area contributed by atoms with Crippen molar-refractivity contribution in [3.8, 4) is 0 Å². The predicted octanol–water partition coefficient (Wildman–Crippen LogP) is 1.92. The zero-order valence-corrected chi connectivity index (χ0v) is 11.4. The van der Waals surface area contributed by atoms with Crippen LogP contribution >= 0.6 is 0 Å². The summed E-state index contributed by atoms with van der Waals surface area (Å²) in [7, 11) is 1.59. The number of carbonyl (C=O) groups is 2. The average molecular weight is 268 g/mol. The molecule has 0 aromatic carbocycles. The summed E-state index contributed by atoms with van der Waals surface area (Å²) in [6.45, 7) is 4.12. The van der Waals surface area contributed by atoms with E-state index in [-0.39, 0.29) is 5.92 Å². The van der Waals surface area contributed by atoms with Crippen LogP contribution in [0.3, 0.4) is 0 Å². The van der Waals surface area contributed by atoms with Gasteiger partial charge in [0.1, 0.15) is 11.8 Å². The van der Waals surface area contributed by atoms with Gasteiger partial charge in [-0.1, -0.05) is 13.8 Å². The molecule has 1 atom stereocenters. The smallest absolute Gasteiger partial charge is 0.326 e. The number of nitrogens with one attached hydrogen (secondary N) is 1. The number of rotatable bonds is 6. The second kappa shape index (κ2) is 6.82. The number of amides is 2. The maximum atomic E-state index is 11.9. The van der Waals surface area contributed by atoms with E-state index in [1.807, 2.05) is 13.8 Å². The van der Waals surface area contributed by atoms with Crippen LogP contribution in [0.5, 0.6) is 0 Å².